The van der Waals surface area contributed by atoms with Gasteiger partial charge in [-0.15, -0.1) is 0 Å². The van der Waals surface area contributed by atoms with Crippen LogP contribution in [0.4, 0.5) is 0 Å². The summed E-state index contributed by atoms with van der Waals surface area (Å²) in [5.74, 6) is 2.42. The summed E-state index contributed by atoms with van der Waals surface area (Å²) in [5.41, 5.74) is 6.56. The number of hydrogen-bond donors (Lipinski definition) is 1. The predicted octanol–water partition coefficient (Wildman–Crippen LogP) is 4.29. The summed E-state index contributed by atoms with van der Waals surface area (Å²) in [4.78, 5) is 2.75. The molecule has 2 aliphatic rings. The number of nitrogens with zero attached hydrogens (tertiary/aromatic N) is 1. The van der Waals surface area contributed by atoms with E-state index in [9.17, 15) is 0 Å². The first-order valence-corrected chi connectivity index (χ1v) is 9.26. The van der Waals surface area contributed by atoms with Crippen LogP contribution in [0.5, 0.6) is 0 Å². The summed E-state index contributed by atoms with van der Waals surface area (Å²) in [6.07, 6.45) is 9.71. The van der Waals surface area contributed by atoms with Gasteiger partial charge in [0, 0.05) is 12.1 Å². The first-order valence-electron chi connectivity index (χ1n) is 9.26. The first-order chi connectivity index (χ1) is 9.84. The van der Waals surface area contributed by atoms with Gasteiger partial charge in [-0.3, -0.25) is 4.90 Å². The van der Waals surface area contributed by atoms with Crippen LogP contribution in [0.25, 0.3) is 0 Å². The van der Waals surface area contributed by atoms with Crippen LogP contribution in [-0.2, 0) is 0 Å². The zero-order valence-electron chi connectivity index (χ0n) is 15.1. The maximum absolute atomic E-state index is 6.12. The molecule has 0 heterocycles. The summed E-state index contributed by atoms with van der Waals surface area (Å²) in [5, 5.41) is 0. The summed E-state index contributed by atoms with van der Waals surface area (Å²) < 4.78 is 0. The normalized spacial score (nSPS) is 38.7. The molecule has 2 N–H and O–H groups in total. The van der Waals surface area contributed by atoms with Gasteiger partial charge in [0.2, 0.25) is 0 Å². The fourth-order valence-corrected chi connectivity index (χ4v) is 4.92. The van der Waals surface area contributed by atoms with Crippen LogP contribution in [0.15, 0.2) is 0 Å². The molecule has 5 atom stereocenters. The molecule has 21 heavy (non-hydrogen) atoms. The van der Waals surface area contributed by atoms with Gasteiger partial charge in [-0.1, -0.05) is 40.5 Å². The molecule has 0 aliphatic heterocycles. The maximum Gasteiger partial charge on any atom is 0.0138 e. The third-order valence-corrected chi connectivity index (χ3v) is 6.60. The molecular formula is C19H38N2. The Balaban J connectivity index is 2.08. The highest BCUT2D eigenvalue weighted by Crippen LogP contribution is 2.42. The fourth-order valence-electron chi connectivity index (χ4n) is 4.92. The van der Waals surface area contributed by atoms with Gasteiger partial charge in [-0.05, 0) is 68.9 Å². The molecule has 0 aromatic carbocycles. The van der Waals surface area contributed by atoms with E-state index in [2.05, 4.69) is 39.6 Å². The van der Waals surface area contributed by atoms with Crippen molar-refractivity contribution >= 4 is 0 Å². The Morgan fingerprint density at radius 3 is 2.24 bits per heavy atom. The van der Waals surface area contributed by atoms with Crippen molar-refractivity contribution in [1.29, 1.82) is 0 Å². The van der Waals surface area contributed by atoms with E-state index >= 15 is 0 Å². The van der Waals surface area contributed by atoms with Crippen molar-refractivity contribution in [2.45, 2.75) is 84.7 Å². The molecular weight excluding hydrogens is 256 g/mol. The Bertz CT molecular complexity index is 320. The fraction of sp³-hybridized carbons (Fsp3) is 1.00. The molecule has 0 aromatic heterocycles. The molecule has 0 amide bonds. The number of nitrogens with two attached hydrogens (primary N) is 1. The lowest BCUT2D eigenvalue weighted by atomic mass is 9.67. The van der Waals surface area contributed by atoms with Gasteiger partial charge in [0.25, 0.3) is 0 Å². The quantitative estimate of drug-likeness (QED) is 0.841. The van der Waals surface area contributed by atoms with Crippen molar-refractivity contribution in [3.05, 3.63) is 0 Å². The minimum Gasteiger partial charge on any atom is -0.330 e. The average molecular weight is 295 g/mol. The van der Waals surface area contributed by atoms with Crippen molar-refractivity contribution in [1.82, 2.24) is 4.90 Å². The van der Waals surface area contributed by atoms with Gasteiger partial charge in [0.15, 0.2) is 0 Å². The Kier molecular flexibility index (Phi) is 5.76. The Morgan fingerprint density at radius 2 is 1.67 bits per heavy atom. The number of hydrogen-bond acceptors (Lipinski definition) is 2. The van der Waals surface area contributed by atoms with E-state index in [4.69, 9.17) is 5.73 Å². The Morgan fingerprint density at radius 1 is 1.00 bits per heavy atom. The molecule has 0 radical (unpaired) electrons. The van der Waals surface area contributed by atoms with Crippen molar-refractivity contribution in [3.8, 4) is 0 Å². The highest BCUT2D eigenvalue weighted by Gasteiger charge is 2.39. The number of rotatable bonds is 3. The standard InChI is InChI=1S/C19H38N2/c1-14-8-6-7-9-17(14)21(5)18-12-16(19(2,3)4)11-10-15(18)13-20/h14-18H,6-13,20H2,1-5H3. The van der Waals surface area contributed by atoms with E-state index in [0.717, 1.165) is 24.4 Å². The second-order valence-electron chi connectivity index (χ2n) is 8.93. The minimum absolute atomic E-state index is 0.441. The summed E-state index contributed by atoms with van der Waals surface area (Å²) in [7, 11) is 2.39. The summed E-state index contributed by atoms with van der Waals surface area (Å²) >= 11 is 0. The molecule has 2 rings (SSSR count). The Labute approximate surface area is 132 Å². The highest BCUT2D eigenvalue weighted by atomic mass is 15.2. The highest BCUT2D eigenvalue weighted by molar-refractivity contribution is 4.93. The van der Waals surface area contributed by atoms with Crippen LogP contribution < -0.4 is 5.73 Å². The van der Waals surface area contributed by atoms with E-state index in [-0.39, 0.29) is 0 Å². The monoisotopic (exact) mass is 294 g/mol. The van der Waals surface area contributed by atoms with Gasteiger partial charge in [0.05, 0.1) is 0 Å². The SMILES string of the molecule is CC1CCCCC1N(C)C1CC(C(C)(C)C)CCC1CN. The van der Waals surface area contributed by atoms with Crippen LogP contribution in [0.2, 0.25) is 0 Å². The van der Waals surface area contributed by atoms with Gasteiger partial charge in [-0.2, -0.15) is 0 Å². The van der Waals surface area contributed by atoms with E-state index in [1.54, 1.807) is 0 Å². The maximum atomic E-state index is 6.12. The van der Waals surface area contributed by atoms with Crippen LogP contribution >= 0.6 is 0 Å². The smallest absolute Gasteiger partial charge is 0.0138 e. The second-order valence-corrected chi connectivity index (χ2v) is 8.93. The van der Waals surface area contributed by atoms with Crippen LogP contribution in [0, 0.1) is 23.2 Å². The summed E-state index contributed by atoms with van der Waals surface area (Å²) in [6.45, 7) is 10.6. The molecule has 2 fully saturated rings. The van der Waals surface area contributed by atoms with Crippen LogP contribution in [-0.4, -0.2) is 30.6 Å². The summed E-state index contributed by atoms with van der Waals surface area (Å²) in [6, 6.07) is 1.50. The second kappa shape index (κ2) is 7.00. The molecule has 0 saturated heterocycles. The van der Waals surface area contributed by atoms with Crippen LogP contribution in [0.3, 0.4) is 0 Å². The minimum atomic E-state index is 0.441. The molecule has 2 saturated carbocycles. The molecule has 5 unspecified atom stereocenters. The average Bonchev–Trinajstić information content (AvgIpc) is 2.45. The zero-order chi connectivity index (χ0) is 15.6. The van der Waals surface area contributed by atoms with Gasteiger partial charge < -0.3 is 5.73 Å². The van der Waals surface area contributed by atoms with Gasteiger partial charge >= 0.3 is 0 Å². The van der Waals surface area contributed by atoms with E-state index in [1.807, 2.05) is 0 Å². The largest absolute Gasteiger partial charge is 0.330 e. The lowest BCUT2D eigenvalue weighted by molar-refractivity contribution is 0.0120. The van der Waals surface area contributed by atoms with E-state index < -0.39 is 0 Å². The van der Waals surface area contributed by atoms with Crippen molar-refractivity contribution in [2.24, 2.45) is 28.9 Å². The van der Waals surface area contributed by atoms with Crippen LogP contribution in [0.1, 0.15) is 72.6 Å². The van der Waals surface area contributed by atoms with Gasteiger partial charge in [-0.25, -0.2) is 0 Å². The molecule has 0 spiro atoms. The topological polar surface area (TPSA) is 29.3 Å². The first kappa shape index (κ1) is 17.3. The van der Waals surface area contributed by atoms with E-state index in [0.29, 0.717) is 17.4 Å². The molecule has 0 aromatic rings. The molecule has 0 bridgehead atoms. The molecule has 2 nitrogen and oxygen atoms in total. The molecule has 2 aliphatic carbocycles. The van der Waals surface area contributed by atoms with Gasteiger partial charge in [0.1, 0.15) is 0 Å². The zero-order valence-corrected chi connectivity index (χ0v) is 15.1. The van der Waals surface area contributed by atoms with Crippen molar-refractivity contribution < 1.29 is 0 Å². The lowest BCUT2D eigenvalue weighted by Crippen LogP contribution is -2.52. The lowest BCUT2D eigenvalue weighted by Gasteiger charge is -2.49. The predicted molar refractivity (Wildman–Crippen MR) is 92.3 cm³/mol. The third kappa shape index (κ3) is 4.01. The Hall–Kier alpha value is -0.0800. The van der Waals surface area contributed by atoms with Crippen molar-refractivity contribution in [3.63, 3.8) is 0 Å². The van der Waals surface area contributed by atoms with E-state index in [1.165, 1.54) is 44.9 Å². The molecule has 2 heteroatoms. The third-order valence-electron chi connectivity index (χ3n) is 6.60. The molecule has 124 valence electrons. The van der Waals surface area contributed by atoms with Crippen molar-refractivity contribution in [2.75, 3.05) is 13.6 Å².